The summed E-state index contributed by atoms with van der Waals surface area (Å²) in [6.07, 6.45) is -4.18. The maximum absolute atomic E-state index is 14.2. The first-order valence-electron chi connectivity index (χ1n) is 11.2. The number of benzene rings is 1. The van der Waals surface area contributed by atoms with Crippen molar-refractivity contribution >= 4 is 23.8 Å². The van der Waals surface area contributed by atoms with Crippen molar-refractivity contribution < 1.29 is 36.7 Å². The van der Waals surface area contributed by atoms with E-state index in [4.69, 9.17) is 0 Å². The molecule has 35 heavy (non-hydrogen) atoms. The first kappa shape index (κ1) is 26.4. The summed E-state index contributed by atoms with van der Waals surface area (Å²) in [5.74, 6) is -3.16. The van der Waals surface area contributed by atoms with Crippen molar-refractivity contribution in [1.82, 2.24) is 20.0 Å². The number of alkyl halides is 3. The van der Waals surface area contributed by atoms with Gasteiger partial charge in [-0.2, -0.15) is 13.2 Å². The molecular formula is C23H28F4N4O4. The number of amides is 5. The van der Waals surface area contributed by atoms with E-state index in [1.807, 2.05) is 0 Å². The van der Waals surface area contributed by atoms with Crippen LogP contribution in [0.4, 0.5) is 22.4 Å². The van der Waals surface area contributed by atoms with E-state index in [-0.39, 0.29) is 44.2 Å². The Morgan fingerprint density at radius 1 is 1.11 bits per heavy atom. The van der Waals surface area contributed by atoms with Crippen molar-refractivity contribution in [3.63, 3.8) is 0 Å². The SMILES string of the molecule is CC(C)CC(NC(=O)c1cc(C(F)(F)F)ccc1F)C(=O)N1CCC2(CC1)C(=O)N(C)C(=O)N2C. The van der Waals surface area contributed by atoms with Crippen LogP contribution in [-0.2, 0) is 15.8 Å². The molecule has 1 N–H and O–H groups in total. The molecule has 12 heteroatoms. The van der Waals surface area contributed by atoms with Crippen LogP contribution >= 0.6 is 0 Å². The molecule has 1 spiro atoms. The molecule has 2 aliphatic heterocycles. The van der Waals surface area contributed by atoms with Crippen molar-refractivity contribution in [2.24, 2.45) is 5.92 Å². The number of carbonyl (C=O) groups is 4. The van der Waals surface area contributed by atoms with Gasteiger partial charge in [-0.3, -0.25) is 19.3 Å². The highest BCUT2D eigenvalue weighted by Crippen LogP contribution is 2.36. The summed E-state index contributed by atoms with van der Waals surface area (Å²) in [4.78, 5) is 54.7. The van der Waals surface area contributed by atoms with Gasteiger partial charge >= 0.3 is 12.2 Å². The molecule has 2 fully saturated rings. The third-order valence-corrected chi connectivity index (χ3v) is 6.67. The van der Waals surface area contributed by atoms with Crippen molar-refractivity contribution in [3.8, 4) is 0 Å². The molecular weight excluding hydrogens is 472 g/mol. The van der Waals surface area contributed by atoms with Crippen LogP contribution in [0.15, 0.2) is 18.2 Å². The molecule has 5 amide bonds. The molecule has 2 aliphatic rings. The minimum Gasteiger partial charge on any atom is -0.341 e. The average molecular weight is 500 g/mol. The van der Waals surface area contributed by atoms with Crippen LogP contribution in [0.1, 0.15) is 49.0 Å². The minimum absolute atomic E-state index is 0.0689. The highest BCUT2D eigenvalue weighted by Gasteiger charge is 2.55. The van der Waals surface area contributed by atoms with Crippen LogP contribution in [0.5, 0.6) is 0 Å². The Kier molecular flexibility index (Phi) is 7.14. The third kappa shape index (κ3) is 4.96. The van der Waals surface area contributed by atoms with E-state index >= 15 is 0 Å². The van der Waals surface area contributed by atoms with Crippen molar-refractivity contribution in [2.75, 3.05) is 27.2 Å². The summed E-state index contributed by atoms with van der Waals surface area (Å²) in [7, 11) is 2.93. The lowest BCUT2D eigenvalue weighted by molar-refractivity contribution is -0.141. The van der Waals surface area contributed by atoms with Crippen molar-refractivity contribution in [3.05, 3.63) is 35.1 Å². The van der Waals surface area contributed by atoms with Crippen LogP contribution in [0.2, 0.25) is 0 Å². The molecule has 2 saturated heterocycles. The van der Waals surface area contributed by atoms with Gasteiger partial charge in [0.2, 0.25) is 5.91 Å². The number of halogens is 4. The summed E-state index contributed by atoms with van der Waals surface area (Å²) in [6, 6.07) is -0.0132. The van der Waals surface area contributed by atoms with Gasteiger partial charge in [0.1, 0.15) is 17.4 Å². The van der Waals surface area contributed by atoms with E-state index in [1.54, 1.807) is 13.8 Å². The van der Waals surface area contributed by atoms with Gasteiger partial charge in [-0.15, -0.1) is 0 Å². The number of nitrogens with zero attached hydrogens (tertiary/aromatic N) is 3. The second kappa shape index (κ2) is 9.46. The zero-order chi connectivity index (χ0) is 26.3. The zero-order valence-corrected chi connectivity index (χ0v) is 19.9. The fraction of sp³-hybridized carbons (Fsp3) is 0.565. The monoisotopic (exact) mass is 500 g/mol. The summed E-state index contributed by atoms with van der Waals surface area (Å²) in [5.41, 5.74) is -3.03. The molecule has 192 valence electrons. The maximum Gasteiger partial charge on any atom is 0.416 e. The first-order chi connectivity index (χ1) is 16.2. The smallest absolute Gasteiger partial charge is 0.341 e. The number of likely N-dealkylation sites (N-methyl/N-ethyl adjacent to an activating group) is 2. The molecule has 2 heterocycles. The molecule has 8 nitrogen and oxygen atoms in total. The number of imide groups is 1. The highest BCUT2D eigenvalue weighted by molar-refractivity contribution is 6.06. The zero-order valence-electron chi connectivity index (χ0n) is 19.9. The number of rotatable bonds is 5. The standard InChI is InChI=1S/C23H28F4N4O4/c1-13(2)11-17(28-18(32)15-12-14(23(25,26)27)5-6-16(15)24)19(33)31-9-7-22(8-10-31)20(34)29(3)21(35)30(22)4/h5-6,12-13,17H,7-11H2,1-4H3,(H,28,32). The molecule has 3 rings (SSSR count). The average Bonchev–Trinajstić information content (AvgIpc) is 2.94. The second-order valence-electron chi connectivity index (χ2n) is 9.41. The number of piperidine rings is 1. The maximum atomic E-state index is 14.2. The Morgan fingerprint density at radius 3 is 2.20 bits per heavy atom. The molecule has 1 atom stereocenters. The topological polar surface area (TPSA) is 90.0 Å². The highest BCUT2D eigenvalue weighted by atomic mass is 19.4. The second-order valence-corrected chi connectivity index (χ2v) is 9.41. The molecule has 1 aromatic rings. The van der Waals surface area contributed by atoms with Crippen LogP contribution in [0.3, 0.4) is 0 Å². The van der Waals surface area contributed by atoms with Gasteiger partial charge in [0.15, 0.2) is 0 Å². The van der Waals surface area contributed by atoms with Gasteiger partial charge in [0.25, 0.3) is 11.8 Å². The Morgan fingerprint density at radius 2 is 1.71 bits per heavy atom. The van der Waals surface area contributed by atoms with E-state index in [0.29, 0.717) is 18.2 Å². The lowest BCUT2D eigenvalue weighted by atomic mass is 9.86. The fourth-order valence-corrected chi connectivity index (χ4v) is 4.62. The molecule has 0 saturated carbocycles. The quantitative estimate of drug-likeness (QED) is 0.498. The van der Waals surface area contributed by atoms with E-state index < -0.39 is 52.5 Å². The van der Waals surface area contributed by atoms with Crippen LogP contribution < -0.4 is 5.32 Å². The van der Waals surface area contributed by atoms with Crippen molar-refractivity contribution in [1.29, 1.82) is 0 Å². The predicted molar refractivity (Wildman–Crippen MR) is 117 cm³/mol. The van der Waals surface area contributed by atoms with E-state index in [9.17, 15) is 36.7 Å². The summed E-state index contributed by atoms with van der Waals surface area (Å²) >= 11 is 0. The van der Waals surface area contributed by atoms with Gasteiger partial charge < -0.3 is 15.1 Å². The van der Waals surface area contributed by atoms with Crippen LogP contribution in [0, 0.1) is 11.7 Å². The lowest BCUT2D eigenvalue weighted by Gasteiger charge is -2.41. The summed E-state index contributed by atoms with van der Waals surface area (Å²) < 4.78 is 53.3. The van der Waals surface area contributed by atoms with E-state index in [1.165, 1.54) is 23.9 Å². The van der Waals surface area contributed by atoms with Gasteiger partial charge in [-0.05, 0) is 43.4 Å². The Bertz CT molecular complexity index is 1030. The van der Waals surface area contributed by atoms with E-state index in [2.05, 4.69) is 5.32 Å². The number of hydrogen-bond donors (Lipinski definition) is 1. The van der Waals surface area contributed by atoms with E-state index in [0.717, 1.165) is 4.90 Å². The molecule has 0 aliphatic carbocycles. The van der Waals surface area contributed by atoms with Crippen LogP contribution in [0.25, 0.3) is 0 Å². The summed E-state index contributed by atoms with van der Waals surface area (Å²) in [5, 5.41) is 2.40. The number of urea groups is 1. The Labute approximate surface area is 200 Å². The van der Waals surface area contributed by atoms with Gasteiger partial charge in [-0.25, -0.2) is 9.18 Å². The third-order valence-electron chi connectivity index (χ3n) is 6.67. The number of likely N-dealkylation sites (tertiary alicyclic amines) is 1. The molecule has 0 aromatic heterocycles. The lowest BCUT2D eigenvalue weighted by Crippen LogP contribution is -2.58. The predicted octanol–water partition coefficient (Wildman–Crippen LogP) is 2.87. The van der Waals surface area contributed by atoms with Gasteiger partial charge in [0, 0.05) is 27.2 Å². The number of carbonyl (C=O) groups excluding carboxylic acids is 4. The van der Waals surface area contributed by atoms with Crippen molar-refractivity contribution in [2.45, 2.75) is 50.9 Å². The molecule has 0 radical (unpaired) electrons. The van der Waals surface area contributed by atoms with Crippen LogP contribution in [-0.4, -0.2) is 77.2 Å². The minimum atomic E-state index is -4.76. The normalized spacial score (nSPS) is 19.1. The number of nitrogens with one attached hydrogen (secondary N) is 1. The van der Waals surface area contributed by atoms with Gasteiger partial charge in [-0.1, -0.05) is 13.8 Å². The first-order valence-corrected chi connectivity index (χ1v) is 11.2. The fourth-order valence-electron chi connectivity index (χ4n) is 4.62. The largest absolute Gasteiger partial charge is 0.416 e. The molecule has 1 unspecified atom stereocenters. The summed E-state index contributed by atoms with van der Waals surface area (Å²) in [6.45, 7) is 3.88. The Hall–Kier alpha value is -3.18. The number of hydrogen-bond acceptors (Lipinski definition) is 4. The molecule has 1 aromatic carbocycles. The molecule has 0 bridgehead atoms. The Balaban J connectivity index is 1.76. The van der Waals surface area contributed by atoms with Gasteiger partial charge in [0.05, 0.1) is 11.1 Å².